The molecule has 0 heterocycles. The zero-order chi connectivity index (χ0) is 15.3. The Bertz CT molecular complexity index is 481. The van der Waals surface area contributed by atoms with Gasteiger partial charge in [0, 0.05) is 17.6 Å². The third-order valence-corrected chi connectivity index (χ3v) is 4.72. The van der Waals surface area contributed by atoms with Crippen molar-refractivity contribution < 1.29 is 4.79 Å². The van der Waals surface area contributed by atoms with Crippen LogP contribution in [-0.4, -0.2) is 50.6 Å². The van der Waals surface area contributed by atoms with Crippen molar-refractivity contribution in [1.29, 1.82) is 0 Å². The van der Waals surface area contributed by atoms with Crippen LogP contribution in [0.5, 0.6) is 0 Å². The molecule has 0 atom stereocenters. The van der Waals surface area contributed by atoms with Gasteiger partial charge in [-0.2, -0.15) is 0 Å². The molecule has 2 rings (SSSR count). The number of likely N-dealkylation sites (N-methyl/N-ethyl adjacent to an activating group) is 2. The fraction of sp³-hybridized carbons (Fsp3) is 0.588. The average Bonchev–Trinajstić information content (AvgIpc) is 2.43. The van der Waals surface area contributed by atoms with Crippen LogP contribution in [0.2, 0.25) is 0 Å². The molecule has 0 saturated heterocycles. The lowest BCUT2D eigenvalue weighted by atomic mass is 9.75. The molecule has 1 aromatic rings. The molecule has 4 nitrogen and oxygen atoms in total. The van der Waals surface area contributed by atoms with Gasteiger partial charge < -0.3 is 15.5 Å². The Hall–Kier alpha value is -1.39. The van der Waals surface area contributed by atoms with E-state index in [9.17, 15) is 4.79 Å². The molecule has 1 saturated carbocycles. The molecule has 0 radical (unpaired) electrons. The Morgan fingerprint density at radius 1 is 1.29 bits per heavy atom. The fourth-order valence-corrected chi connectivity index (χ4v) is 2.93. The first-order chi connectivity index (χ1) is 10.1. The first kappa shape index (κ1) is 16.0. The number of nitrogens with zero attached hydrogens (tertiary/aromatic N) is 1. The predicted octanol–water partition coefficient (Wildman–Crippen LogP) is 1.66. The van der Waals surface area contributed by atoms with E-state index in [0.717, 1.165) is 30.6 Å². The second-order valence-electron chi connectivity index (χ2n) is 6.17. The summed E-state index contributed by atoms with van der Waals surface area (Å²) < 4.78 is 0. The SMILES string of the molecule is CNCCc1ccccc1C(=O)NCC1(N(C)C)CCC1. The molecule has 116 valence electrons. The average molecular weight is 289 g/mol. The van der Waals surface area contributed by atoms with Crippen molar-refractivity contribution >= 4 is 5.91 Å². The summed E-state index contributed by atoms with van der Waals surface area (Å²) in [7, 11) is 6.14. The molecule has 2 N–H and O–H groups in total. The lowest BCUT2D eigenvalue weighted by Crippen LogP contribution is -2.57. The van der Waals surface area contributed by atoms with Crippen LogP contribution in [0.4, 0.5) is 0 Å². The molecule has 1 fully saturated rings. The Morgan fingerprint density at radius 2 is 2.00 bits per heavy atom. The number of carbonyl (C=O) groups excluding carboxylic acids is 1. The van der Waals surface area contributed by atoms with Gasteiger partial charge in [0.2, 0.25) is 0 Å². The number of benzene rings is 1. The largest absolute Gasteiger partial charge is 0.350 e. The van der Waals surface area contributed by atoms with E-state index in [-0.39, 0.29) is 11.4 Å². The van der Waals surface area contributed by atoms with E-state index in [0.29, 0.717) is 0 Å². The predicted molar refractivity (Wildman–Crippen MR) is 86.7 cm³/mol. The normalized spacial score (nSPS) is 16.6. The Morgan fingerprint density at radius 3 is 2.57 bits per heavy atom. The van der Waals surface area contributed by atoms with Crippen LogP contribution in [0.15, 0.2) is 24.3 Å². The van der Waals surface area contributed by atoms with Crippen LogP contribution in [-0.2, 0) is 6.42 Å². The minimum Gasteiger partial charge on any atom is -0.350 e. The Kier molecular flexibility index (Phi) is 5.37. The molecule has 0 bridgehead atoms. The Balaban J connectivity index is 2.00. The van der Waals surface area contributed by atoms with Gasteiger partial charge in [0.1, 0.15) is 0 Å². The molecule has 1 aliphatic carbocycles. The van der Waals surface area contributed by atoms with Gasteiger partial charge in [-0.3, -0.25) is 4.79 Å². The minimum absolute atomic E-state index is 0.0508. The third kappa shape index (κ3) is 3.63. The van der Waals surface area contributed by atoms with E-state index in [2.05, 4.69) is 29.6 Å². The zero-order valence-corrected chi connectivity index (χ0v) is 13.4. The number of rotatable bonds is 7. The molecule has 4 heteroatoms. The molecule has 1 amide bonds. The van der Waals surface area contributed by atoms with Crippen molar-refractivity contribution in [3.63, 3.8) is 0 Å². The summed E-state index contributed by atoms with van der Waals surface area (Å²) in [5.74, 6) is 0.0508. The van der Waals surface area contributed by atoms with Crippen LogP contribution in [0.25, 0.3) is 0 Å². The highest BCUT2D eigenvalue weighted by Crippen LogP contribution is 2.35. The van der Waals surface area contributed by atoms with Gasteiger partial charge in [-0.25, -0.2) is 0 Å². The molecule has 0 unspecified atom stereocenters. The first-order valence-electron chi connectivity index (χ1n) is 7.77. The zero-order valence-electron chi connectivity index (χ0n) is 13.4. The summed E-state index contributed by atoms with van der Waals surface area (Å²) in [4.78, 5) is 14.7. The fourth-order valence-electron chi connectivity index (χ4n) is 2.93. The Labute approximate surface area is 127 Å². The van der Waals surface area contributed by atoms with Crippen LogP contribution in [0, 0.1) is 0 Å². The van der Waals surface area contributed by atoms with Gasteiger partial charge >= 0.3 is 0 Å². The van der Waals surface area contributed by atoms with Gasteiger partial charge in [-0.15, -0.1) is 0 Å². The van der Waals surface area contributed by atoms with E-state index in [1.54, 1.807) is 0 Å². The van der Waals surface area contributed by atoms with Crippen molar-refractivity contribution in [3.05, 3.63) is 35.4 Å². The molecule has 0 spiro atoms. The highest BCUT2D eigenvalue weighted by atomic mass is 16.1. The van der Waals surface area contributed by atoms with Crippen LogP contribution in [0.1, 0.15) is 35.2 Å². The van der Waals surface area contributed by atoms with Gasteiger partial charge in [0.25, 0.3) is 5.91 Å². The lowest BCUT2D eigenvalue weighted by molar-refractivity contribution is 0.0557. The highest BCUT2D eigenvalue weighted by Gasteiger charge is 2.39. The van der Waals surface area contributed by atoms with Crippen LogP contribution < -0.4 is 10.6 Å². The summed E-state index contributed by atoms with van der Waals surface area (Å²) >= 11 is 0. The van der Waals surface area contributed by atoms with E-state index < -0.39 is 0 Å². The quantitative estimate of drug-likeness (QED) is 0.802. The highest BCUT2D eigenvalue weighted by molar-refractivity contribution is 5.95. The maximum Gasteiger partial charge on any atom is 0.251 e. The van der Waals surface area contributed by atoms with E-state index in [4.69, 9.17) is 0 Å². The standard InChI is InChI=1S/C17H27N3O/c1-18-12-9-14-7-4-5-8-15(14)16(21)19-13-17(20(2)3)10-6-11-17/h4-5,7-8,18H,6,9-13H2,1-3H3,(H,19,21). The summed E-state index contributed by atoms with van der Waals surface area (Å²) in [6.45, 7) is 1.62. The van der Waals surface area contributed by atoms with Gasteiger partial charge in [0.05, 0.1) is 0 Å². The van der Waals surface area contributed by atoms with Crippen LogP contribution >= 0.6 is 0 Å². The summed E-state index contributed by atoms with van der Waals surface area (Å²) in [5.41, 5.74) is 2.08. The number of hydrogen-bond donors (Lipinski definition) is 2. The van der Waals surface area contributed by atoms with Gasteiger partial charge in [0.15, 0.2) is 0 Å². The van der Waals surface area contributed by atoms with E-state index in [1.165, 1.54) is 19.3 Å². The molecule has 1 aromatic carbocycles. The third-order valence-electron chi connectivity index (χ3n) is 4.72. The summed E-state index contributed by atoms with van der Waals surface area (Å²) in [6, 6.07) is 7.89. The number of carbonyl (C=O) groups is 1. The van der Waals surface area contributed by atoms with Crippen molar-refractivity contribution in [2.75, 3.05) is 34.2 Å². The maximum absolute atomic E-state index is 12.5. The maximum atomic E-state index is 12.5. The summed E-state index contributed by atoms with van der Waals surface area (Å²) in [5, 5.41) is 6.27. The second-order valence-corrected chi connectivity index (χ2v) is 6.17. The monoisotopic (exact) mass is 289 g/mol. The van der Waals surface area contributed by atoms with Gasteiger partial charge in [-0.1, -0.05) is 18.2 Å². The van der Waals surface area contributed by atoms with Crippen molar-refractivity contribution in [2.45, 2.75) is 31.2 Å². The van der Waals surface area contributed by atoms with E-state index >= 15 is 0 Å². The van der Waals surface area contributed by atoms with Crippen molar-refractivity contribution in [2.24, 2.45) is 0 Å². The topological polar surface area (TPSA) is 44.4 Å². The molecular weight excluding hydrogens is 262 g/mol. The molecule has 21 heavy (non-hydrogen) atoms. The lowest BCUT2D eigenvalue weighted by Gasteiger charge is -2.47. The molecule has 0 aliphatic heterocycles. The smallest absolute Gasteiger partial charge is 0.251 e. The molecule has 0 aromatic heterocycles. The van der Waals surface area contributed by atoms with E-state index in [1.807, 2.05) is 31.3 Å². The molecule has 1 aliphatic rings. The van der Waals surface area contributed by atoms with Crippen LogP contribution in [0.3, 0.4) is 0 Å². The molecular formula is C17H27N3O. The number of hydrogen-bond acceptors (Lipinski definition) is 3. The van der Waals surface area contributed by atoms with Gasteiger partial charge in [-0.05, 0) is 65.0 Å². The first-order valence-corrected chi connectivity index (χ1v) is 7.77. The number of nitrogens with one attached hydrogen (secondary N) is 2. The van der Waals surface area contributed by atoms with Crippen molar-refractivity contribution in [3.8, 4) is 0 Å². The minimum atomic E-state index is 0.0508. The second kappa shape index (κ2) is 7.05. The number of amides is 1. The van der Waals surface area contributed by atoms with Crippen molar-refractivity contribution in [1.82, 2.24) is 15.5 Å². The summed E-state index contributed by atoms with van der Waals surface area (Å²) in [6.07, 6.45) is 4.47.